The Labute approximate surface area is 117 Å². The Hall–Kier alpha value is -0.750. The van der Waals surface area contributed by atoms with E-state index in [-0.39, 0.29) is 5.75 Å². The van der Waals surface area contributed by atoms with Crippen LogP contribution >= 0.6 is 15.9 Å². The highest BCUT2D eigenvalue weighted by atomic mass is 79.9. The quantitative estimate of drug-likeness (QED) is 0.812. The summed E-state index contributed by atoms with van der Waals surface area (Å²) in [6.07, 6.45) is 0.630. The van der Waals surface area contributed by atoms with Crippen molar-refractivity contribution in [2.75, 3.05) is 16.2 Å². The highest BCUT2D eigenvalue weighted by molar-refractivity contribution is 9.10. The molecule has 4 nitrogen and oxygen atoms in total. The van der Waals surface area contributed by atoms with Gasteiger partial charge in [0.25, 0.3) is 0 Å². The van der Waals surface area contributed by atoms with E-state index in [1.165, 1.54) is 0 Å². The Bertz CT molecular complexity index is 504. The molecule has 0 heterocycles. The average molecular weight is 335 g/mol. The van der Waals surface area contributed by atoms with Crippen molar-refractivity contribution in [1.29, 1.82) is 0 Å². The fraction of sp³-hybridized carbons (Fsp3) is 0.500. The smallest absolute Gasteiger partial charge is 0.232 e. The standard InChI is InChI=1S/C12H19BrN2O2S/c1-8(2)4-5-18(16,17)15-12-9(3)6-10(13)7-11(12)14/h6-8,15H,4-5,14H2,1-3H3. The number of hydrogen-bond donors (Lipinski definition) is 2. The molecule has 1 aromatic rings. The molecule has 0 fully saturated rings. The maximum Gasteiger partial charge on any atom is 0.232 e. The summed E-state index contributed by atoms with van der Waals surface area (Å²) in [5.74, 6) is 0.463. The molecular formula is C12H19BrN2O2S. The van der Waals surface area contributed by atoms with Crippen LogP contribution in [0.5, 0.6) is 0 Å². The van der Waals surface area contributed by atoms with Crippen LogP contribution in [-0.4, -0.2) is 14.2 Å². The Balaban J connectivity index is 2.91. The van der Waals surface area contributed by atoms with Gasteiger partial charge in [-0.05, 0) is 37.0 Å². The Morgan fingerprint density at radius 3 is 2.50 bits per heavy atom. The minimum absolute atomic E-state index is 0.111. The van der Waals surface area contributed by atoms with Gasteiger partial charge in [-0.1, -0.05) is 29.8 Å². The molecule has 1 rings (SSSR count). The summed E-state index contributed by atoms with van der Waals surface area (Å²) in [7, 11) is -3.33. The Morgan fingerprint density at radius 1 is 1.39 bits per heavy atom. The van der Waals surface area contributed by atoms with Gasteiger partial charge in [0.1, 0.15) is 0 Å². The van der Waals surface area contributed by atoms with E-state index in [9.17, 15) is 8.42 Å². The molecule has 0 aromatic heterocycles. The summed E-state index contributed by atoms with van der Waals surface area (Å²) in [5, 5.41) is 0. The van der Waals surface area contributed by atoms with Crippen LogP contribution in [0.3, 0.4) is 0 Å². The maximum atomic E-state index is 11.9. The third kappa shape index (κ3) is 4.49. The van der Waals surface area contributed by atoms with Crippen molar-refractivity contribution in [3.63, 3.8) is 0 Å². The van der Waals surface area contributed by atoms with Gasteiger partial charge in [-0.15, -0.1) is 0 Å². The highest BCUT2D eigenvalue weighted by Gasteiger charge is 2.15. The second-order valence-corrected chi connectivity index (χ2v) is 7.55. The number of hydrogen-bond acceptors (Lipinski definition) is 3. The number of sulfonamides is 1. The van der Waals surface area contributed by atoms with Crippen molar-refractivity contribution < 1.29 is 8.42 Å². The van der Waals surface area contributed by atoms with Gasteiger partial charge in [0.2, 0.25) is 10.0 Å². The van der Waals surface area contributed by atoms with Crippen molar-refractivity contribution >= 4 is 37.3 Å². The molecule has 1 aromatic carbocycles. The van der Waals surface area contributed by atoms with Crippen LogP contribution < -0.4 is 10.5 Å². The van der Waals surface area contributed by atoms with E-state index in [4.69, 9.17) is 5.73 Å². The first-order chi connectivity index (χ1) is 8.21. The first kappa shape index (κ1) is 15.3. The number of benzene rings is 1. The van der Waals surface area contributed by atoms with Gasteiger partial charge in [0, 0.05) is 4.47 Å². The van der Waals surface area contributed by atoms with Gasteiger partial charge in [-0.2, -0.15) is 0 Å². The third-order valence-electron chi connectivity index (χ3n) is 2.55. The lowest BCUT2D eigenvalue weighted by atomic mass is 10.2. The zero-order valence-corrected chi connectivity index (χ0v) is 13.2. The molecule has 0 aliphatic rings. The topological polar surface area (TPSA) is 72.2 Å². The molecule has 0 bridgehead atoms. The summed E-state index contributed by atoms with van der Waals surface area (Å²) in [5.41, 5.74) is 7.53. The number of nitrogens with one attached hydrogen (secondary N) is 1. The molecule has 0 saturated heterocycles. The summed E-state index contributed by atoms with van der Waals surface area (Å²) in [6.45, 7) is 5.81. The molecule has 0 saturated carbocycles. The summed E-state index contributed by atoms with van der Waals surface area (Å²) >= 11 is 3.32. The molecule has 3 N–H and O–H groups in total. The van der Waals surface area contributed by atoms with E-state index in [2.05, 4.69) is 20.7 Å². The lowest BCUT2D eigenvalue weighted by Gasteiger charge is -2.14. The first-order valence-electron chi connectivity index (χ1n) is 5.77. The molecule has 0 aliphatic carbocycles. The Kier molecular flexibility index (Phi) is 5.04. The van der Waals surface area contributed by atoms with Gasteiger partial charge in [0.05, 0.1) is 17.1 Å². The van der Waals surface area contributed by atoms with E-state index in [0.29, 0.717) is 23.7 Å². The molecule has 0 amide bonds. The first-order valence-corrected chi connectivity index (χ1v) is 8.22. The largest absolute Gasteiger partial charge is 0.397 e. The van der Waals surface area contributed by atoms with E-state index >= 15 is 0 Å². The summed E-state index contributed by atoms with van der Waals surface area (Å²) < 4.78 is 27.2. The molecule has 0 spiro atoms. The van der Waals surface area contributed by atoms with E-state index in [1.54, 1.807) is 6.07 Å². The molecular weight excluding hydrogens is 316 g/mol. The summed E-state index contributed by atoms with van der Waals surface area (Å²) in [4.78, 5) is 0. The van der Waals surface area contributed by atoms with E-state index < -0.39 is 10.0 Å². The lowest BCUT2D eigenvalue weighted by Crippen LogP contribution is -2.19. The lowest BCUT2D eigenvalue weighted by molar-refractivity contribution is 0.578. The normalized spacial score (nSPS) is 11.8. The monoisotopic (exact) mass is 334 g/mol. The fourth-order valence-corrected chi connectivity index (χ4v) is 3.57. The number of nitrogens with two attached hydrogens (primary N) is 1. The Morgan fingerprint density at radius 2 is 2.00 bits per heavy atom. The number of rotatable bonds is 5. The fourth-order valence-electron chi connectivity index (χ4n) is 1.51. The molecule has 6 heteroatoms. The molecule has 102 valence electrons. The van der Waals surface area contributed by atoms with Gasteiger partial charge >= 0.3 is 0 Å². The van der Waals surface area contributed by atoms with Gasteiger partial charge in [0.15, 0.2) is 0 Å². The van der Waals surface area contributed by atoms with Crippen LogP contribution in [-0.2, 0) is 10.0 Å². The predicted octanol–water partition coefficient (Wildman–Crippen LogP) is 3.13. The van der Waals surface area contributed by atoms with Crippen molar-refractivity contribution in [1.82, 2.24) is 0 Å². The van der Waals surface area contributed by atoms with Crippen LogP contribution in [0, 0.1) is 12.8 Å². The minimum Gasteiger partial charge on any atom is -0.397 e. The van der Waals surface area contributed by atoms with E-state index in [1.807, 2.05) is 26.8 Å². The van der Waals surface area contributed by atoms with Crippen molar-refractivity contribution in [3.05, 3.63) is 22.2 Å². The summed E-state index contributed by atoms with van der Waals surface area (Å²) in [6, 6.07) is 3.52. The third-order valence-corrected chi connectivity index (χ3v) is 4.30. The SMILES string of the molecule is Cc1cc(Br)cc(N)c1NS(=O)(=O)CCC(C)C. The van der Waals surface area contributed by atoms with E-state index in [0.717, 1.165) is 10.0 Å². The molecule has 0 radical (unpaired) electrons. The minimum atomic E-state index is -3.33. The molecule has 0 unspecified atom stereocenters. The molecule has 18 heavy (non-hydrogen) atoms. The number of anilines is 2. The zero-order chi connectivity index (χ0) is 13.9. The van der Waals surface area contributed by atoms with Crippen molar-refractivity contribution in [2.45, 2.75) is 27.2 Å². The zero-order valence-electron chi connectivity index (χ0n) is 10.8. The van der Waals surface area contributed by atoms with Crippen LogP contribution in [0.1, 0.15) is 25.8 Å². The van der Waals surface area contributed by atoms with Gasteiger partial charge in [-0.25, -0.2) is 8.42 Å². The van der Waals surface area contributed by atoms with Crippen molar-refractivity contribution in [2.24, 2.45) is 5.92 Å². The second-order valence-electron chi connectivity index (χ2n) is 4.79. The van der Waals surface area contributed by atoms with Gasteiger partial charge in [-0.3, -0.25) is 4.72 Å². The van der Waals surface area contributed by atoms with Crippen LogP contribution in [0.15, 0.2) is 16.6 Å². The average Bonchev–Trinajstić information content (AvgIpc) is 2.21. The molecule has 0 atom stereocenters. The van der Waals surface area contributed by atoms with Crippen LogP contribution in [0.4, 0.5) is 11.4 Å². The number of halogens is 1. The second kappa shape index (κ2) is 5.93. The van der Waals surface area contributed by atoms with Crippen LogP contribution in [0.25, 0.3) is 0 Å². The predicted molar refractivity (Wildman–Crippen MR) is 80.2 cm³/mol. The maximum absolute atomic E-state index is 11.9. The van der Waals surface area contributed by atoms with Gasteiger partial charge < -0.3 is 5.73 Å². The van der Waals surface area contributed by atoms with Crippen LogP contribution in [0.2, 0.25) is 0 Å². The molecule has 0 aliphatic heterocycles. The number of aryl methyl sites for hydroxylation is 1. The van der Waals surface area contributed by atoms with Crippen molar-refractivity contribution in [3.8, 4) is 0 Å². The highest BCUT2D eigenvalue weighted by Crippen LogP contribution is 2.28. The number of nitrogen functional groups attached to an aromatic ring is 1.